The molecule has 0 aromatic rings. The normalized spacial score (nSPS) is 48.0. The molecule has 2 aliphatic heterocycles. The van der Waals surface area contributed by atoms with Crippen LogP contribution in [0.1, 0.15) is 13.8 Å². The van der Waals surface area contributed by atoms with Crippen molar-refractivity contribution >= 4 is 0 Å². The largest absolute Gasteiger partial charge is 0.394 e. The van der Waals surface area contributed by atoms with Crippen LogP contribution < -0.4 is 0 Å². The van der Waals surface area contributed by atoms with Crippen LogP contribution >= 0.6 is 0 Å². The van der Waals surface area contributed by atoms with Gasteiger partial charge in [0.05, 0.1) is 6.61 Å². The number of rotatable bonds is 1. The summed E-state index contributed by atoms with van der Waals surface area (Å²) in [5.74, 6) is -0.712. The Morgan fingerprint density at radius 3 is 2.54 bits per heavy atom. The summed E-state index contributed by atoms with van der Waals surface area (Å²) in [6.07, 6.45) is -2.43. The fourth-order valence-corrected chi connectivity index (χ4v) is 1.71. The van der Waals surface area contributed by atoms with Gasteiger partial charge in [0.15, 0.2) is 12.1 Å². The smallest absolute Gasteiger partial charge is 0.190 e. The maximum absolute atomic E-state index is 9.60. The fraction of sp³-hybridized carbons (Fsp3) is 1.00. The van der Waals surface area contributed by atoms with Gasteiger partial charge in [-0.05, 0) is 13.8 Å². The molecule has 2 saturated heterocycles. The maximum atomic E-state index is 9.60. The van der Waals surface area contributed by atoms with Gasteiger partial charge >= 0.3 is 0 Å². The molecule has 2 rings (SSSR count). The van der Waals surface area contributed by atoms with Crippen LogP contribution in [-0.4, -0.2) is 47.2 Å². The van der Waals surface area contributed by atoms with Crippen LogP contribution in [0.15, 0.2) is 0 Å². The van der Waals surface area contributed by atoms with E-state index < -0.39 is 30.4 Å². The van der Waals surface area contributed by atoms with Crippen molar-refractivity contribution in [2.45, 2.75) is 44.2 Å². The molecule has 0 spiro atoms. The van der Waals surface area contributed by atoms with E-state index in [9.17, 15) is 5.11 Å². The number of ether oxygens (including phenoxy) is 3. The molecule has 2 aliphatic rings. The molecule has 0 aromatic heterocycles. The standard InChI is InChI=1S/C8H14O5/c1-8(2)12-6-5(10)4(3-9)11-7(6)13-8/h4-7,9-10H,3H2,1-2H3/t4-,5+,6?,7+/m1/s1. The second-order valence-corrected chi connectivity index (χ2v) is 3.82. The van der Waals surface area contributed by atoms with Gasteiger partial charge in [0.2, 0.25) is 0 Å². The Kier molecular flexibility index (Phi) is 2.08. The highest BCUT2D eigenvalue weighted by Crippen LogP contribution is 2.36. The van der Waals surface area contributed by atoms with Gasteiger partial charge in [-0.1, -0.05) is 0 Å². The molecular formula is C8H14O5. The lowest BCUT2D eigenvalue weighted by molar-refractivity contribution is -0.218. The monoisotopic (exact) mass is 190 g/mol. The van der Waals surface area contributed by atoms with Crippen molar-refractivity contribution in [2.24, 2.45) is 0 Å². The first-order valence-electron chi connectivity index (χ1n) is 4.33. The summed E-state index contributed by atoms with van der Waals surface area (Å²) >= 11 is 0. The molecule has 0 bridgehead atoms. The molecule has 0 amide bonds. The van der Waals surface area contributed by atoms with Crippen molar-refractivity contribution in [3.05, 3.63) is 0 Å². The zero-order valence-corrected chi connectivity index (χ0v) is 7.64. The Hall–Kier alpha value is -0.200. The van der Waals surface area contributed by atoms with Gasteiger partial charge in [-0.3, -0.25) is 0 Å². The van der Waals surface area contributed by atoms with Crippen molar-refractivity contribution < 1.29 is 24.4 Å². The van der Waals surface area contributed by atoms with E-state index >= 15 is 0 Å². The first kappa shape index (κ1) is 9.36. The average Bonchev–Trinajstić information content (AvgIpc) is 2.47. The number of aliphatic hydroxyl groups is 2. The van der Waals surface area contributed by atoms with E-state index in [1.165, 1.54) is 0 Å². The third kappa shape index (κ3) is 1.47. The predicted molar refractivity (Wildman–Crippen MR) is 41.8 cm³/mol. The minimum Gasteiger partial charge on any atom is -0.394 e. The van der Waals surface area contributed by atoms with E-state index in [0.717, 1.165) is 0 Å². The van der Waals surface area contributed by atoms with E-state index in [-0.39, 0.29) is 6.61 Å². The Morgan fingerprint density at radius 2 is 2.00 bits per heavy atom. The van der Waals surface area contributed by atoms with Crippen LogP contribution in [-0.2, 0) is 14.2 Å². The van der Waals surface area contributed by atoms with Crippen LogP contribution in [0.3, 0.4) is 0 Å². The topological polar surface area (TPSA) is 68.2 Å². The number of hydrogen-bond acceptors (Lipinski definition) is 5. The molecule has 4 atom stereocenters. The second kappa shape index (κ2) is 2.90. The highest BCUT2D eigenvalue weighted by Gasteiger charge is 2.53. The lowest BCUT2D eigenvalue weighted by Crippen LogP contribution is -2.36. The zero-order chi connectivity index (χ0) is 9.64. The molecule has 2 fully saturated rings. The summed E-state index contributed by atoms with van der Waals surface area (Å²) < 4.78 is 16.0. The Balaban J connectivity index is 2.07. The van der Waals surface area contributed by atoms with Gasteiger partial charge in [0, 0.05) is 0 Å². The molecule has 0 saturated carbocycles. The highest BCUT2D eigenvalue weighted by molar-refractivity contribution is 4.92. The summed E-state index contributed by atoms with van der Waals surface area (Å²) in [6, 6.07) is 0. The molecule has 0 aromatic carbocycles. The van der Waals surface area contributed by atoms with Crippen molar-refractivity contribution in [1.29, 1.82) is 0 Å². The van der Waals surface area contributed by atoms with E-state index in [1.807, 2.05) is 0 Å². The molecule has 1 unspecified atom stereocenters. The van der Waals surface area contributed by atoms with Crippen molar-refractivity contribution in [3.63, 3.8) is 0 Å². The maximum Gasteiger partial charge on any atom is 0.190 e. The molecule has 0 radical (unpaired) electrons. The van der Waals surface area contributed by atoms with Gasteiger partial charge in [-0.15, -0.1) is 0 Å². The minimum atomic E-state index is -0.809. The Bertz CT molecular complexity index is 205. The van der Waals surface area contributed by atoms with Crippen molar-refractivity contribution in [2.75, 3.05) is 6.61 Å². The summed E-state index contributed by atoms with van der Waals surface area (Å²) in [5.41, 5.74) is 0. The fourth-order valence-electron chi connectivity index (χ4n) is 1.71. The molecule has 5 nitrogen and oxygen atoms in total. The lowest BCUT2D eigenvalue weighted by Gasteiger charge is -2.21. The van der Waals surface area contributed by atoms with Gasteiger partial charge in [-0.25, -0.2) is 0 Å². The van der Waals surface area contributed by atoms with E-state index in [1.54, 1.807) is 13.8 Å². The summed E-state index contributed by atoms with van der Waals surface area (Å²) in [7, 11) is 0. The molecule has 13 heavy (non-hydrogen) atoms. The second-order valence-electron chi connectivity index (χ2n) is 3.82. The average molecular weight is 190 g/mol. The quantitative estimate of drug-likeness (QED) is 0.567. The van der Waals surface area contributed by atoms with Gasteiger partial charge < -0.3 is 24.4 Å². The lowest BCUT2D eigenvalue weighted by atomic mass is 10.1. The minimum absolute atomic E-state index is 0.221. The third-order valence-electron chi connectivity index (χ3n) is 2.29. The first-order chi connectivity index (χ1) is 6.03. The zero-order valence-electron chi connectivity index (χ0n) is 7.64. The van der Waals surface area contributed by atoms with Crippen LogP contribution in [0.4, 0.5) is 0 Å². The summed E-state index contributed by atoms with van der Waals surface area (Å²) in [4.78, 5) is 0. The predicted octanol–water partition coefficient (Wildman–Crippen LogP) is -0.784. The SMILES string of the molecule is CC1(C)OC2[C@@H](O[C@H](CO)[C@@H]2O)O1. The van der Waals surface area contributed by atoms with E-state index in [4.69, 9.17) is 19.3 Å². The van der Waals surface area contributed by atoms with Gasteiger partial charge in [-0.2, -0.15) is 0 Å². The van der Waals surface area contributed by atoms with E-state index in [0.29, 0.717) is 0 Å². The van der Waals surface area contributed by atoms with Gasteiger partial charge in [0.1, 0.15) is 18.3 Å². The number of fused-ring (bicyclic) bond motifs is 1. The van der Waals surface area contributed by atoms with Crippen molar-refractivity contribution in [1.82, 2.24) is 0 Å². The molecule has 2 N–H and O–H groups in total. The first-order valence-corrected chi connectivity index (χ1v) is 4.33. The Labute approximate surface area is 76.2 Å². The molecule has 5 heteroatoms. The molecule has 0 aliphatic carbocycles. The van der Waals surface area contributed by atoms with Crippen LogP contribution in [0.25, 0.3) is 0 Å². The number of hydrogen-bond donors (Lipinski definition) is 2. The van der Waals surface area contributed by atoms with E-state index in [2.05, 4.69) is 0 Å². The third-order valence-corrected chi connectivity index (χ3v) is 2.29. The molecular weight excluding hydrogens is 176 g/mol. The van der Waals surface area contributed by atoms with Crippen LogP contribution in [0, 0.1) is 0 Å². The van der Waals surface area contributed by atoms with Crippen LogP contribution in [0.2, 0.25) is 0 Å². The molecule has 2 heterocycles. The van der Waals surface area contributed by atoms with Gasteiger partial charge in [0.25, 0.3) is 0 Å². The van der Waals surface area contributed by atoms with Crippen LogP contribution in [0.5, 0.6) is 0 Å². The van der Waals surface area contributed by atoms with Crippen molar-refractivity contribution in [3.8, 4) is 0 Å². The highest BCUT2D eigenvalue weighted by atomic mass is 16.8. The summed E-state index contributed by atoms with van der Waals surface area (Å²) in [5, 5.41) is 18.4. The summed E-state index contributed by atoms with van der Waals surface area (Å²) in [6.45, 7) is 3.30. The molecule has 76 valence electrons. The Morgan fingerprint density at radius 1 is 1.31 bits per heavy atom. The number of aliphatic hydroxyl groups excluding tert-OH is 2.